The highest BCUT2D eigenvalue weighted by molar-refractivity contribution is 6.76. The lowest BCUT2D eigenvalue weighted by Crippen LogP contribution is -2.42. The van der Waals surface area contributed by atoms with Crippen LogP contribution in [0, 0.1) is 0 Å². The van der Waals surface area contributed by atoms with Crippen molar-refractivity contribution in [2.75, 3.05) is 42.8 Å². The van der Waals surface area contributed by atoms with Crippen molar-refractivity contribution in [1.29, 1.82) is 0 Å². The molecule has 0 bridgehead atoms. The topological polar surface area (TPSA) is 120 Å². The molecule has 154 valence electrons. The van der Waals surface area contributed by atoms with Crippen molar-refractivity contribution in [3.63, 3.8) is 0 Å². The Hall–Kier alpha value is -2.24. The average molecular weight is 410 g/mol. The molecule has 0 unspecified atom stereocenters. The number of carbonyl (C=O) groups excluding carboxylic acids is 2. The molecule has 0 aliphatic carbocycles. The summed E-state index contributed by atoms with van der Waals surface area (Å²) in [5.74, 6) is 0.519. The Morgan fingerprint density at radius 1 is 1.36 bits per heavy atom. The smallest absolute Gasteiger partial charge is 0.415 e. The fraction of sp³-hybridized carbons (Fsp3) is 0.647. The van der Waals surface area contributed by atoms with Crippen LogP contribution < -0.4 is 20.3 Å². The highest BCUT2D eigenvalue weighted by Crippen LogP contribution is 2.31. The molecule has 10 nitrogen and oxygen atoms in total. The van der Waals surface area contributed by atoms with Gasteiger partial charge >= 0.3 is 6.09 Å². The van der Waals surface area contributed by atoms with Gasteiger partial charge in [-0.2, -0.15) is 0 Å². The van der Waals surface area contributed by atoms with Gasteiger partial charge in [-0.15, -0.1) is 0 Å². The number of ether oxygens (including phenoxy) is 3. The van der Waals surface area contributed by atoms with Crippen molar-refractivity contribution in [3.8, 4) is 5.88 Å². The first-order chi connectivity index (χ1) is 13.3. The Bertz CT molecular complexity index is 741. The van der Waals surface area contributed by atoms with Crippen molar-refractivity contribution in [2.24, 2.45) is 5.73 Å². The van der Waals surface area contributed by atoms with Crippen LogP contribution in [0.1, 0.15) is 6.42 Å². The summed E-state index contributed by atoms with van der Waals surface area (Å²) in [5, 5.41) is 0. The normalized spacial score (nSPS) is 19.5. The molecule has 11 heteroatoms. The second-order valence-corrected chi connectivity index (χ2v) is 13.6. The van der Waals surface area contributed by atoms with Gasteiger partial charge in [-0.3, -0.25) is 14.6 Å². The molecule has 28 heavy (non-hydrogen) atoms. The standard InChI is InChI=1S/C17H27N5O5Si/c1-28(2,3)7-6-25-11-22-14(23)10-26-16-15(22)20-13(8-19-16)21-9-12(4-5-18)27-17(21)24/h8,12H,4-7,9-11,18H2,1-3H3/t12-/m1/s1. The Morgan fingerprint density at radius 2 is 2.14 bits per heavy atom. The number of rotatable bonds is 8. The van der Waals surface area contributed by atoms with Gasteiger partial charge in [0.05, 0.1) is 12.7 Å². The highest BCUT2D eigenvalue weighted by Gasteiger charge is 2.35. The number of hydrogen-bond acceptors (Lipinski definition) is 8. The minimum Gasteiger partial charge on any atom is -0.465 e. The highest BCUT2D eigenvalue weighted by atomic mass is 28.3. The van der Waals surface area contributed by atoms with Gasteiger partial charge in [-0.25, -0.2) is 14.8 Å². The number of amides is 2. The van der Waals surface area contributed by atoms with Gasteiger partial charge < -0.3 is 19.9 Å². The second kappa shape index (κ2) is 8.41. The van der Waals surface area contributed by atoms with Gasteiger partial charge in [0, 0.05) is 14.7 Å². The van der Waals surface area contributed by atoms with Gasteiger partial charge in [-0.05, 0) is 19.0 Å². The third-order valence-corrected chi connectivity index (χ3v) is 6.16. The fourth-order valence-electron chi connectivity index (χ4n) is 2.81. The molecule has 2 N–H and O–H groups in total. The van der Waals surface area contributed by atoms with Crippen LogP contribution in [-0.4, -0.2) is 69.2 Å². The minimum absolute atomic E-state index is 0.0675. The third kappa shape index (κ3) is 4.78. The summed E-state index contributed by atoms with van der Waals surface area (Å²) in [5.41, 5.74) is 5.54. The molecule has 3 heterocycles. The fourth-order valence-corrected chi connectivity index (χ4v) is 3.56. The maximum absolute atomic E-state index is 12.3. The van der Waals surface area contributed by atoms with E-state index in [1.165, 1.54) is 16.0 Å². The van der Waals surface area contributed by atoms with Gasteiger partial charge in [0.1, 0.15) is 12.8 Å². The lowest BCUT2D eigenvalue weighted by molar-refractivity contribution is -0.122. The van der Waals surface area contributed by atoms with Gasteiger partial charge in [0.15, 0.2) is 12.4 Å². The largest absolute Gasteiger partial charge is 0.465 e. The monoisotopic (exact) mass is 409 g/mol. The van der Waals surface area contributed by atoms with Gasteiger partial charge in [0.25, 0.3) is 11.8 Å². The number of nitrogens with zero attached hydrogens (tertiary/aromatic N) is 4. The van der Waals surface area contributed by atoms with Crippen LogP contribution in [0.5, 0.6) is 5.88 Å². The number of nitrogens with two attached hydrogens (primary N) is 1. The minimum atomic E-state index is -1.23. The summed E-state index contributed by atoms with van der Waals surface area (Å²) in [6.45, 7) is 8.06. The molecule has 1 saturated heterocycles. The molecule has 1 aromatic heterocycles. The van der Waals surface area contributed by atoms with Crippen LogP contribution >= 0.6 is 0 Å². The zero-order chi connectivity index (χ0) is 20.3. The van der Waals surface area contributed by atoms with Crippen LogP contribution in [0.4, 0.5) is 16.4 Å². The van der Waals surface area contributed by atoms with E-state index in [0.29, 0.717) is 31.9 Å². The van der Waals surface area contributed by atoms with Crippen molar-refractivity contribution in [3.05, 3.63) is 6.20 Å². The number of hydrogen-bond donors (Lipinski definition) is 1. The predicted molar refractivity (Wildman–Crippen MR) is 105 cm³/mol. The van der Waals surface area contributed by atoms with E-state index < -0.39 is 14.2 Å². The SMILES string of the molecule is C[Si](C)(C)CCOCN1C(=O)COc2ncc(N3C[C@@H](CCN)OC3=O)nc21. The van der Waals surface area contributed by atoms with Gasteiger partial charge in [0.2, 0.25) is 5.82 Å². The van der Waals surface area contributed by atoms with Crippen LogP contribution in [0.15, 0.2) is 6.20 Å². The summed E-state index contributed by atoms with van der Waals surface area (Å²) < 4.78 is 16.4. The second-order valence-electron chi connectivity index (χ2n) is 8.01. The zero-order valence-electron chi connectivity index (χ0n) is 16.5. The zero-order valence-corrected chi connectivity index (χ0v) is 17.5. The number of cyclic esters (lactones) is 1. The molecule has 0 saturated carbocycles. The lowest BCUT2D eigenvalue weighted by Gasteiger charge is -2.28. The Morgan fingerprint density at radius 3 is 2.86 bits per heavy atom. The molecule has 0 aromatic carbocycles. The first-order valence-corrected chi connectivity index (χ1v) is 13.1. The van der Waals surface area contributed by atoms with E-state index in [-0.39, 0.29) is 37.0 Å². The van der Waals surface area contributed by atoms with E-state index in [9.17, 15) is 9.59 Å². The summed E-state index contributed by atoms with van der Waals surface area (Å²) in [4.78, 5) is 35.9. The molecule has 1 atom stereocenters. The molecule has 2 aliphatic heterocycles. The molecule has 1 fully saturated rings. The molecular formula is C17H27N5O5Si. The molecular weight excluding hydrogens is 382 g/mol. The van der Waals surface area contributed by atoms with E-state index >= 15 is 0 Å². The van der Waals surface area contributed by atoms with E-state index in [0.717, 1.165) is 6.04 Å². The predicted octanol–water partition coefficient (Wildman–Crippen LogP) is 1.19. The number of anilines is 2. The van der Waals surface area contributed by atoms with E-state index in [2.05, 4.69) is 29.6 Å². The van der Waals surface area contributed by atoms with Crippen LogP contribution in [-0.2, 0) is 14.3 Å². The van der Waals surface area contributed by atoms with Gasteiger partial charge in [-0.1, -0.05) is 19.6 Å². The Kier molecular flexibility index (Phi) is 6.16. The Labute approximate surface area is 165 Å². The first-order valence-electron chi connectivity index (χ1n) is 9.34. The molecule has 0 spiro atoms. The molecule has 0 radical (unpaired) electrons. The maximum Gasteiger partial charge on any atom is 0.415 e. The van der Waals surface area contributed by atoms with Crippen LogP contribution in [0.2, 0.25) is 25.7 Å². The number of fused-ring (bicyclic) bond motifs is 1. The quantitative estimate of drug-likeness (QED) is 0.502. The van der Waals surface area contributed by atoms with Crippen molar-refractivity contribution in [2.45, 2.75) is 38.2 Å². The molecule has 2 aliphatic rings. The molecule has 3 rings (SSSR count). The summed E-state index contributed by atoms with van der Waals surface area (Å²) in [6.07, 6.45) is 1.22. The van der Waals surface area contributed by atoms with E-state index in [1.807, 2.05) is 0 Å². The van der Waals surface area contributed by atoms with Crippen molar-refractivity contribution >= 4 is 31.7 Å². The summed E-state index contributed by atoms with van der Waals surface area (Å²) >= 11 is 0. The Balaban J connectivity index is 1.73. The maximum atomic E-state index is 12.3. The summed E-state index contributed by atoms with van der Waals surface area (Å²) in [7, 11) is -1.23. The first kappa shape index (κ1) is 20.5. The number of carbonyl (C=O) groups is 2. The molecule has 2 amide bonds. The summed E-state index contributed by atoms with van der Waals surface area (Å²) in [6, 6.07) is 0.992. The van der Waals surface area contributed by atoms with E-state index in [4.69, 9.17) is 19.9 Å². The number of aromatic nitrogens is 2. The van der Waals surface area contributed by atoms with Crippen LogP contribution in [0.25, 0.3) is 0 Å². The van der Waals surface area contributed by atoms with Crippen LogP contribution in [0.3, 0.4) is 0 Å². The average Bonchev–Trinajstić information content (AvgIpc) is 2.99. The molecule has 1 aromatic rings. The third-order valence-electron chi connectivity index (χ3n) is 4.45. The van der Waals surface area contributed by atoms with Crippen molar-refractivity contribution in [1.82, 2.24) is 9.97 Å². The van der Waals surface area contributed by atoms with E-state index in [1.54, 1.807) is 0 Å². The van der Waals surface area contributed by atoms with Crippen molar-refractivity contribution < 1.29 is 23.8 Å². The lowest BCUT2D eigenvalue weighted by atomic mass is 10.2.